The number of likely N-dealkylation sites (tertiary alicyclic amines) is 1. The number of rotatable bonds is 5. The number of carbonyl (C=O) groups is 2. The van der Waals surface area contributed by atoms with Gasteiger partial charge >= 0.3 is 12.1 Å². The van der Waals surface area contributed by atoms with Gasteiger partial charge in [-0.05, 0) is 44.7 Å². The first-order valence-electron chi connectivity index (χ1n) is 11.3. The molecule has 1 saturated heterocycles. The van der Waals surface area contributed by atoms with Crippen molar-refractivity contribution in [3.05, 3.63) is 48.0 Å². The lowest BCUT2D eigenvalue weighted by Gasteiger charge is -2.54. The van der Waals surface area contributed by atoms with Gasteiger partial charge in [-0.15, -0.1) is 0 Å². The highest BCUT2D eigenvalue weighted by molar-refractivity contribution is 5.70. The summed E-state index contributed by atoms with van der Waals surface area (Å²) >= 11 is 0. The van der Waals surface area contributed by atoms with Crippen LogP contribution in [-0.2, 0) is 25.6 Å². The van der Waals surface area contributed by atoms with E-state index in [-0.39, 0.29) is 12.2 Å². The van der Waals surface area contributed by atoms with Crippen LogP contribution in [0.15, 0.2) is 42.5 Å². The lowest BCUT2D eigenvalue weighted by molar-refractivity contribution is -0.177. The molecule has 5 atom stereocenters. The van der Waals surface area contributed by atoms with E-state index in [4.69, 9.17) is 14.2 Å². The second-order valence-electron chi connectivity index (χ2n) is 9.83. The molecule has 0 aromatic heterocycles. The Morgan fingerprint density at radius 1 is 1.21 bits per heavy atom. The zero-order valence-corrected chi connectivity index (χ0v) is 19.8. The molecule has 3 rings (SSSR count). The Hall–Kier alpha value is -2.42. The lowest BCUT2D eigenvalue weighted by atomic mass is 9.65. The fourth-order valence-corrected chi connectivity index (χ4v) is 4.97. The van der Waals surface area contributed by atoms with Gasteiger partial charge in [0.05, 0.1) is 18.8 Å². The van der Waals surface area contributed by atoms with E-state index in [1.807, 2.05) is 30.3 Å². The Morgan fingerprint density at radius 2 is 1.88 bits per heavy atom. The molecule has 2 fully saturated rings. The number of ether oxygens (including phenoxy) is 3. The summed E-state index contributed by atoms with van der Waals surface area (Å²) in [5.41, 5.74) is -0.828. The molecular weight excluding hydrogens is 426 g/mol. The fraction of sp³-hybridized carbons (Fsp3) is 0.600. The predicted molar refractivity (Wildman–Crippen MR) is 121 cm³/mol. The maximum absolute atomic E-state index is 13.2. The first-order valence-corrected chi connectivity index (χ1v) is 11.3. The van der Waals surface area contributed by atoms with Crippen LogP contribution < -0.4 is 0 Å². The molecule has 1 unspecified atom stereocenters. The van der Waals surface area contributed by atoms with Crippen LogP contribution >= 0.6 is 0 Å². The van der Waals surface area contributed by atoms with E-state index in [9.17, 15) is 19.8 Å². The number of aliphatic hydroxyl groups is 2. The lowest BCUT2D eigenvalue weighted by Crippen LogP contribution is -2.70. The summed E-state index contributed by atoms with van der Waals surface area (Å²) in [6.45, 7) is 11.2. The largest absolute Gasteiger partial charge is 0.457 e. The quantitative estimate of drug-likeness (QED) is 0.513. The topological polar surface area (TPSA) is 106 Å². The summed E-state index contributed by atoms with van der Waals surface area (Å²) in [4.78, 5) is 26.6. The molecule has 8 nitrogen and oxygen atoms in total. The monoisotopic (exact) mass is 461 g/mol. The Balaban J connectivity index is 1.97. The van der Waals surface area contributed by atoms with Crippen LogP contribution in [0.5, 0.6) is 0 Å². The molecule has 2 aliphatic rings. The van der Waals surface area contributed by atoms with E-state index in [0.717, 1.165) is 5.56 Å². The zero-order chi connectivity index (χ0) is 24.4. The van der Waals surface area contributed by atoms with Crippen LogP contribution in [0.1, 0.15) is 46.1 Å². The van der Waals surface area contributed by atoms with Crippen LogP contribution in [0, 0.1) is 5.92 Å². The molecule has 1 saturated carbocycles. The van der Waals surface area contributed by atoms with Gasteiger partial charge in [-0.1, -0.05) is 36.9 Å². The number of hydrogen-bond donors (Lipinski definition) is 2. The molecular formula is C25H35NO7. The number of benzene rings is 1. The van der Waals surface area contributed by atoms with Gasteiger partial charge in [-0.3, -0.25) is 9.69 Å². The van der Waals surface area contributed by atoms with E-state index < -0.39 is 47.4 Å². The SMILES string of the molecule is C=C1[C@H](O)C(O)[C@@]2(CCCN2C(=O)OC(C)(C)C)[C@@H](COCc2ccccc2)[C@H]1OC(C)=O. The standard InChI is InChI=1S/C25H35NO7/c1-16-20(28)22(29)25(12-9-13-26(25)23(30)33-24(3,4)5)19(21(16)32-17(2)27)15-31-14-18-10-7-6-8-11-18/h6-8,10-11,19-22,28-29H,1,9,12-15H2,2-5H3/t19-,20-,21-,22?,25+/m0/s1. The summed E-state index contributed by atoms with van der Waals surface area (Å²) in [5.74, 6) is -1.19. The van der Waals surface area contributed by atoms with Gasteiger partial charge in [0.2, 0.25) is 0 Å². The molecule has 1 aliphatic carbocycles. The molecule has 0 radical (unpaired) electrons. The second kappa shape index (κ2) is 9.83. The van der Waals surface area contributed by atoms with Gasteiger partial charge in [0.1, 0.15) is 23.9 Å². The summed E-state index contributed by atoms with van der Waals surface area (Å²) in [6, 6.07) is 9.59. The van der Waals surface area contributed by atoms with Crippen molar-refractivity contribution in [1.82, 2.24) is 4.90 Å². The van der Waals surface area contributed by atoms with Crippen LogP contribution in [0.3, 0.4) is 0 Å². The third kappa shape index (κ3) is 5.23. The summed E-state index contributed by atoms with van der Waals surface area (Å²) in [7, 11) is 0. The average molecular weight is 462 g/mol. The first-order chi connectivity index (χ1) is 15.5. The van der Waals surface area contributed by atoms with E-state index in [0.29, 0.717) is 26.0 Å². The van der Waals surface area contributed by atoms with Crippen LogP contribution in [0.25, 0.3) is 0 Å². The predicted octanol–water partition coefficient (Wildman–Crippen LogP) is 2.81. The van der Waals surface area contributed by atoms with Gasteiger partial charge in [0, 0.05) is 19.4 Å². The van der Waals surface area contributed by atoms with Crippen molar-refractivity contribution < 1.29 is 34.0 Å². The Morgan fingerprint density at radius 3 is 2.48 bits per heavy atom. The molecule has 33 heavy (non-hydrogen) atoms. The highest BCUT2D eigenvalue weighted by Crippen LogP contribution is 2.49. The third-order valence-electron chi connectivity index (χ3n) is 6.34. The minimum Gasteiger partial charge on any atom is -0.457 e. The summed E-state index contributed by atoms with van der Waals surface area (Å²) < 4.78 is 17.2. The molecule has 1 aliphatic heterocycles. The number of esters is 1. The van der Waals surface area contributed by atoms with Crippen LogP contribution in [0.2, 0.25) is 0 Å². The number of carbonyl (C=O) groups excluding carboxylic acids is 2. The van der Waals surface area contributed by atoms with Crippen molar-refractivity contribution >= 4 is 12.1 Å². The van der Waals surface area contributed by atoms with Crippen molar-refractivity contribution in [1.29, 1.82) is 0 Å². The molecule has 182 valence electrons. The Kier molecular flexibility index (Phi) is 7.51. The van der Waals surface area contributed by atoms with Crippen molar-refractivity contribution in [3.63, 3.8) is 0 Å². The molecule has 1 amide bonds. The van der Waals surface area contributed by atoms with Gasteiger partial charge < -0.3 is 24.4 Å². The normalized spacial score (nSPS) is 29.9. The highest BCUT2D eigenvalue weighted by Gasteiger charge is 2.63. The molecule has 0 bridgehead atoms. The van der Waals surface area contributed by atoms with E-state index >= 15 is 0 Å². The maximum atomic E-state index is 13.2. The number of nitrogens with zero attached hydrogens (tertiary/aromatic N) is 1. The van der Waals surface area contributed by atoms with Crippen molar-refractivity contribution in [2.24, 2.45) is 5.92 Å². The van der Waals surface area contributed by atoms with Gasteiger partial charge in [0.25, 0.3) is 0 Å². The molecule has 1 heterocycles. The smallest absolute Gasteiger partial charge is 0.410 e. The fourth-order valence-electron chi connectivity index (χ4n) is 4.97. The van der Waals surface area contributed by atoms with Crippen LogP contribution in [0.4, 0.5) is 4.79 Å². The van der Waals surface area contributed by atoms with E-state index in [1.165, 1.54) is 11.8 Å². The van der Waals surface area contributed by atoms with Gasteiger partial charge in [-0.25, -0.2) is 4.79 Å². The average Bonchev–Trinajstić information content (AvgIpc) is 3.18. The van der Waals surface area contributed by atoms with Gasteiger partial charge in [-0.2, -0.15) is 0 Å². The number of aliphatic hydroxyl groups excluding tert-OH is 2. The molecule has 2 N–H and O–H groups in total. The summed E-state index contributed by atoms with van der Waals surface area (Å²) in [6.07, 6.45) is -3.24. The Bertz CT molecular complexity index is 865. The molecule has 8 heteroatoms. The molecule has 1 aromatic rings. The Labute approximate surface area is 195 Å². The van der Waals surface area contributed by atoms with Crippen molar-refractivity contribution in [3.8, 4) is 0 Å². The molecule has 1 aromatic carbocycles. The second-order valence-corrected chi connectivity index (χ2v) is 9.83. The minimum absolute atomic E-state index is 0.0783. The van der Waals surface area contributed by atoms with Crippen molar-refractivity contribution in [2.45, 2.75) is 76.6 Å². The van der Waals surface area contributed by atoms with Gasteiger partial charge in [0.15, 0.2) is 0 Å². The maximum Gasteiger partial charge on any atom is 0.410 e. The van der Waals surface area contributed by atoms with E-state index in [2.05, 4.69) is 6.58 Å². The first kappa shape index (κ1) is 25.2. The van der Waals surface area contributed by atoms with Crippen molar-refractivity contribution in [2.75, 3.05) is 13.2 Å². The minimum atomic E-state index is -1.37. The zero-order valence-electron chi connectivity index (χ0n) is 19.8. The molecule has 1 spiro atoms. The third-order valence-corrected chi connectivity index (χ3v) is 6.34. The number of hydrogen-bond acceptors (Lipinski definition) is 7. The van der Waals surface area contributed by atoms with Crippen LogP contribution in [-0.4, -0.2) is 69.8 Å². The highest BCUT2D eigenvalue weighted by atomic mass is 16.6. The summed E-state index contributed by atoms with van der Waals surface area (Å²) in [5, 5.41) is 22.1. The number of amides is 1. The van der Waals surface area contributed by atoms with E-state index in [1.54, 1.807) is 20.8 Å².